The molecule has 0 N–H and O–H groups in total. The number of fused-ring (bicyclic) bond motifs is 7. The van der Waals surface area contributed by atoms with Crippen molar-refractivity contribution >= 4 is 54.4 Å². The molecule has 0 fully saturated rings. The quantitative estimate of drug-likeness (QED) is 0.164. The lowest BCUT2D eigenvalue weighted by Crippen LogP contribution is -1.96. The minimum absolute atomic E-state index is 0.932. The van der Waals surface area contributed by atoms with Gasteiger partial charge in [0.25, 0.3) is 0 Å². The molecule has 60 heavy (non-hydrogen) atoms. The lowest BCUT2D eigenvalue weighted by Gasteiger charge is -2.14. The van der Waals surface area contributed by atoms with E-state index in [2.05, 4.69) is 185 Å². The summed E-state index contributed by atoms with van der Waals surface area (Å²) in [5, 5.41) is 6.92. The number of rotatable bonds is 5. The molecule has 0 radical (unpaired) electrons. The zero-order valence-electron chi connectivity index (χ0n) is 34.0. The first-order valence-electron chi connectivity index (χ1n) is 20.6. The van der Waals surface area contributed by atoms with Crippen molar-refractivity contribution in [2.24, 2.45) is 0 Å². The van der Waals surface area contributed by atoms with E-state index in [9.17, 15) is 0 Å². The van der Waals surface area contributed by atoms with Gasteiger partial charge in [0.1, 0.15) is 0 Å². The van der Waals surface area contributed by atoms with Gasteiger partial charge in [-0.1, -0.05) is 133 Å². The number of aromatic nitrogens is 4. The largest absolute Gasteiger partial charge is 0.245 e. The monoisotopic (exact) mass is 768 g/mol. The van der Waals surface area contributed by atoms with Crippen molar-refractivity contribution in [2.45, 2.75) is 27.7 Å². The molecule has 0 unspecified atom stereocenters. The van der Waals surface area contributed by atoms with Gasteiger partial charge in [0.05, 0.1) is 44.8 Å². The van der Waals surface area contributed by atoms with E-state index in [4.69, 9.17) is 19.9 Å². The van der Waals surface area contributed by atoms with Gasteiger partial charge in [-0.15, -0.1) is 0 Å². The summed E-state index contributed by atoms with van der Waals surface area (Å²) in [6.07, 6.45) is 0. The molecule has 4 nitrogen and oxygen atoms in total. The predicted molar refractivity (Wildman–Crippen MR) is 251 cm³/mol. The van der Waals surface area contributed by atoms with Gasteiger partial charge >= 0.3 is 0 Å². The van der Waals surface area contributed by atoms with E-state index >= 15 is 0 Å². The first-order valence-corrected chi connectivity index (χ1v) is 20.6. The third-order valence-electron chi connectivity index (χ3n) is 12.6. The number of aryl methyl sites for hydroxylation is 4. The van der Waals surface area contributed by atoms with Crippen LogP contribution < -0.4 is 0 Å². The number of hydrogen-bond acceptors (Lipinski definition) is 4. The first-order chi connectivity index (χ1) is 29.4. The average molecular weight is 769 g/mol. The highest BCUT2D eigenvalue weighted by molar-refractivity contribution is 6.09. The van der Waals surface area contributed by atoms with Crippen LogP contribution in [0.15, 0.2) is 170 Å². The highest BCUT2D eigenvalue weighted by Crippen LogP contribution is 2.37. The minimum atomic E-state index is 0.932. The van der Waals surface area contributed by atoms with E-state index in [-0.39, 0.29) is 0 Å². The lowest BCUT2D eigenvalue weighted by molar-refractivity contribution is 1.33. The molecular weight excluding hydrogens is 729 g/mol. The molecule has 7 aromatic carbocycles. The van der Waals surface area contributed by atoms with Gasteiger partial charge in [0.15, 0.2) is 0 Å². The minimum Gasteiger partial charge on any atom is -0.245 e. The molecule has 4 heterocycles. The molecule has 11 rings (SSSR count). The van der Waals surface area contributed by atoms with Crippen LogP contribution in [-0.2, 0) is 0 Å². The lowest BCUT2D eigenvalue weighted by atomic mass is 9.96. The summed E-state index contributed by atoms with van der Waals surface area (Å²) in [5.74, 6) is 0. The Kier molecular flexibility index (Phi) is 8.35. The Bertz CT molecular complexity index is 3500. The van der Waals surface area contributed by atoms with Gasteiger partial charge in [-0.3, -0.25) is 0 Å². The van der Waals surface area contributed by atoms with Gasteiger partial charge in [-0.25, -0.2) is 19.9 Å². The summed E-state index contributed by atoms with van der Waals surface area (Å²) in [5.41, 5.74) is 19.1. The smallest absolute Gasteiger partial charge is 0.0975 e. The molecule has 4 aromatic heterocycles. The second-order valence-electron chi connectivity index (χ2n) is 16.0. The summed E-state index contributed by atoms with van der Waals surface area (Å²) in [6, 6.07) is 60.2. The highest BCUT2D eigenvalue weighted by Gasteiger charge is 2.16. The molecule has 4 heteroatoms. The molecule has 0 bridgehead atoms. The fourth-order valence-corrected chi connectivity index (χ4v) is 8.86. The molecule has 11 aromatic rings. The summed E-state index contributed by atoms with van der Waals surface area (Å²) in [6.45, 7) is 8.75. The van der Waals surface area contributed by atoms with Crippen molar-refractivity contribution in [1.82, 2.24) is 19.9 Å². The van der Waals surface area contributed by atoms with Gasteiger partial charge in [-0.05, 0) is 108 Å². The maximum absolute atomic E-state index is 5.33. The summed E-state index contributed by atoms with van der Waals surface area (Å²) >= 11 is 0. The zero-order valence-corrected chi connectivity index (χ0v) is 34.0. The van der Waals surface area contributed by atoms with E-state index in [1.54, 1.807) is 0 Å². The van der Waals surface area contributed by atoms with E-state index in [0.717, 1.165) is 99.8 Å². The van der Waals surface area contributed by atoms with Crippen molar-refractivity contribution < 1.29 is 0 Å². The van der Waals surface area contributed by atoms with Crippen LogP contribution in [0.1, 0.15) is 22.3 Å². The van der Waals surface area contributed by atoms with Gasteiger partial charge < -0.3 is 0 Å². The maximum Gasteiger partial charge on any atom is 0.0975 e. The fraction of sp³-hybridized carbons (Fsp3) is 0.0714. The molecule has 0 aliphatic carbocycles. The number of nitrogens with zero attached hydrogens (tertiary/aromatic N) is 4. The van der Waals surface area contributed by atoms with Crippen LogP contribution in [-0.4, -0.2) is 19.9 Å². The van der Waals surface area contributed by atoms with Crippen LogP contribution >= 0.6 is 0 Å². The molecule has 0 saturated heterocycles. The van der Waals surface area contributed by atoms with Crippen LogP contribution in [0.4, 0.5) is 0 Å². The highest BCUT2D eigenvalue weighted by atomic mass is 14.8. The van der Waals surface area contributed by atoms with Crippen LogP contribution in [0.3, 0.4) is 0 Å². The average Bonchev–Trinajstić information content (AvgIpc) is 3.32. The second kappa shape index (κ2) is 14.1. The Balaban J connectivity index is 0.946. The first kappa shape index (κ1) is 35.6. The number of pyridine rings is 4. The summed E-state index contributed by atoms with van der Waals surface area (Å²) in [7, 11) is 0. The molecule has 0 aliphatic heterocycles. The Morgan fingerprint density at radius 3 is 0.983 bits per heavy atom. The van der Waals surface area contributed by atoms with Crippen LogP contribution in [0.25, 0.3) is 111 Å². The second-order valence-corrected chi connectivity index (χ2v) is 16.0. The molecule has 0 aliphatic rings. The third kappa shape index (κ3) is 5.91. The topological polar surface area (TPSA) is 51.6 Å². The summed E-state index contributed by atoms with van der Waals surface area (Å²) < 4.78 is 0. The Labute approximate surface area is 348 Å². The Morgan fingerprint density at radius 1 is 0.250 bits per heavy atom. The van der Waals surface area contributed by atoms with E-state index in [1.165, 1.54) is 33.0 Å². The molecule has 284 valence electrons. The van der Waals surface area contributed by atoms with Crippen LogP contribution in [0.2, 0.25) is 0 Å². The van der Waals surface area contributed by atoms with Crippen molar-refractivity contribution in [3.8, 4) is 56.2 Å². The Morgan fingerprint density at radius 2 is 0.567 bits per heavy atom. The molecule has 0 saturated carbocycles. The van der Waals surface area contributed by atoms with E-state index < -0.39 is 0 Å². The van der Waals surface area contributed by atoms with Crippen molar-refractivity contribution in [3.05, 3.63) is 192 Å². The third-order valence-corrected chi connectivity index (χ3v) is 12.6. The van der Waals surface area contributed by atoms with Crippen molar-refractivity contribution in [2.75, 3.05) is 0 Å². The van der Waals surface area contributed by atoms with Gasteiger partial charge in [0, 0.05) is 43.8 Å². The molecule has 0 atom stereocenters. The SMILES string of the molecule is Cc1c(C)c2ccc(-c3ccc(-c4ccc5ccc(-c6ccc7c(C)c(C)c8ccc(-c9ccccc9)nc8c7n6)cc5c4)cc3)nc2c2nc(-c3ccccc3)ccc12. The van der Waals surface area contributed by atoms with Crippen LogP contribution in [0.5, 0.6) is 0 Å². The molecule has 0 spiro atoms. The Hall–Kier alpha value is -7.56. The van der Waals surface area contributed by atoms with Crippen LogP contribution in [0, 0.1) is 27.7 Å². The van der Waals surface area contributed by atoms with Crippen molar-refractivity contribution in [3.63, 3.8) is 0 Å². The number of benzene rings is 7. The fourth-order valence-electron chi connectivity index (χ4n) is 8.86. The van der Waals surface area contributed by atoms with E-state index in [1.807, 2.05) is 12.1 Å². The normalized spacial score (nSPS) is 11.7. The molecular formula is C56H40N4. The summed E-state index contributed by atoms with van der Waals surface area (Å²) in [4.78, 5) is 21.0. The molecule has 0 amide bonds. The van der Waals surface area contributed by atoms with Crippen molar-refractivity contribution in [1.29, 1.82) is 0 Å². The van der Waals surface area contributed by atoms with E-state index in [0.29, 0.717) is 0 Å². The maximum atomic E-state index is 5.33. The van der Waals surface area contributed by atoms with Gasteiger partial charge in [0.2, 0.25) is 0 Å². The number of hydrogen-bond donors (Lipinski definition) is 0. The standard InChI is InChI=1S/C56H40N4/c1-33-34(2)47-25-29-51(59-54(47)53-45(33)23-27-49(57-53)39-11-7-5-8-12-39)41-19-15-37(16-20-41)42-21-17-38-18-22-43(32-44(38)31-42)52-30-26-48-36(4)35(3)46-24-28-50(40-13-9-6-10-14-40)58-55(46)56(48)60-52/h5-32H,1-4H3. The zero-order chi connectivity index (χ0) is 40.5. The van der Waals surface area contributed by atoms with Gasteiger partial charge in [-0.2, -0.15) is 0 Å². The predicted octanol–water partition coefficient (Wildman–Crippen LogP) is 14.6.